The Morgan fingerprint density at radius 1 is 1.19 bits per heavy atom. The summed E-state index contributed by atoms with van der Waals surface area (Å²) >= 11 is 0. The van der Waals surface area contributed by atoms with Crippen LogP contribution in [0.15, 0.2) is 53.7 Å². The van der Waals surface area contributed by atoms with E-state index in [0.29, 0.717) is 25.3 Å². The van der Waals surface area contributed by atoms with Crippen LogP contribution in [0.25, 0.3) is 28.0 Å². The van der Waals surface area contributed by atoms with Gasteiger partial charge >= 0.3 is 0 Å². The fourth-order valence-electron chi connectivity index (χ4n) is 4.65. The number of nitrogens with zero attached hydrogens (tertiary/aromatic N) is 4. The Hall–Kier alpha value is -3.21. The van der Waals surface area contributed by atoms with Crippen LogP contribution in [-0.2, 0) is 21.3 Å². The van der Waals surface area contributed by atoms with Crippen LogP contribution in [0.2, 0.25) is 0 Å². The van der Waals surface area contributed by atoms with Gasteiger partial charge in [-0.15, -0.1) is 0 Å². The molecule has 0 bridgehead atoms. The van der Waals surface area contributed by atoms with Crippen molar-refractivity contribution < 1.29 is 13.2 Å². The lowest BCUT2D eigenvalue weighted by Crippen LogP contribution is -2.44. The first-order valence-electron chi connectivity index (χ1n) is 10.5. The summed E-state index contributed by atoms with van der Waals surface area (Å²) in [5, 5.41) is 8.06. The zero-order chi connectivity index (χ0) is 21.9. The molecule has 5 heterocycles. The number of ether oxygens (including phenoxy) is 1. The average molecular weight is 451 g/mol. The van der Waals surface area contributed by atoms with E-state index < -0.39 is 10.0 Å². The Morgan fingerprint density at radius 3 is 2.88 bits per heavy atom. The number of anilines is 1. The molecule has 2 aliphatic heterocycles. The number of aromatic nitrogens is 4. The molecule has 2 N–H and O–H groups in total. The Kier molecular flexibility index (Phi) is 4.36. The van der Waals surface area contributed by atoms with Crippen molar-refractivity contribution in [3.8, 4) is 16.9 Å². The van der Waals surface area contributed by atoms with Gasteiger partial charge in [-0.3, -0.25) is 9.67 Å². The lowest BCUT2D eigenvalue weighted by molar-refractivity contribution is 0.0985. The highest BCUT2D eigenvalue weighted by Gasteiger charge is 2.32. The summed E-state index contributed by atoms with van der Waals surface area (Å²) in [6, 6.07) is 11.1. The summed E-state index contributed by atoms with van der Waals surface area (Å²) < 4.78 is 36.5. The number of nitrogens with one attached hydrogen (secondary N) is 2. The van der Waals surface area contributed by atoms with Gasteiger partial charge in [-0.25, -0.2) is 18.1 Å². The third-order valence-corrected chi connectivity index (χ3v) is 7.63. The second kappa shape index (κ2) is 7.16. The minimum absolute atomic E-state index is 0.113. The molecule has 0 saturated carbocycles. The van der Waals surface area contributed by atoms with Crippen molar-refractivity contribution in [1.82, 2.24) is 24.5 Å². The molecule has 0 radical (unpaired) electrons. The van der Waals surface area contributed by atoms with Crippen LogP contribution in [0.4, 0.5) is 5.82 Å². The molecule has 3 aromatic heterocycles. The Morgan fingerprint density at radius 2 is 2.06 bits per heavy atom. The van der Waals surface area contributed by atoms with Gasteiger partial charge in [-0.2, -0.15) is 5.10 Å². The minimum atomic E-state index is -3.66. The van der Waals surface area contributed by atoms with E-state index in [2.05, 4.69) is 26.7 Å². The molecule has 2 aliphatic rings. The number of H-pyrrole nitrogens is 1. The highest BCUT2D eigenvalue weighted by atomic mass is 32.2. The van der Waals surface area contributed by atoms with Crippen molar-refractivity contribution in [3.05, 3.63) is 54.4 Å². The highest BCUT2D eigenvalue weighted by molar-refractivity contribution is 7.89. The molecule has 9 nitrogen and oxygen atoms in total. The molecule has 4 aromatic rings. The minimum Gasteiger partial charge on any atom is -0.377 e. The van der Waals surface area contributed by atoms with E-state index >= 15 is 0 Å². The fourth-order valence-corrected chi connectivity index (χ4v) is 5.86. The normalized spacial score (nSPS) is 20.0. The van der Waals surface area contributed by atoms with Gasteiger partial charge in [0, 0.05) is 53.6 Å². The van der Waals surface area contributed by atoms with Gasteiger partial charge in [0.25, 0.3) is 0 Å². The summed E-state index contributed by atoms with van der Waals surface area (Å²) in [4.78, 5) is 7.58. The molecule has 1 fully saturated rings. The average Bonchev–Trinajstić information content (AvgIpc) is 3.45. The molecule has 32 heavy (non-hydrogen) atoms. The van der Waals surface area contributed by atoms with Crippen molar-refractivity contribution in [2.24, 2.45) is 0 Å². The topological polar surface area (TPSA) is 105 Å². The maximum atomic E-state index is 13.1. The van der Waals surface area contributed by atoms with E-state index in [1.54, 1.807) is 18.3 Å². The number of hydrogen-bond donors (Lipinski definition) is 2. The number of pyridine rings is 1. The summed E-state index contributed by atoms with van der Waals surface area (Å²) in [5.41, 5.74) is 3.18. The van der Waals surface area contributed by atoms with E-state index in [9.17, 15) is 8.42 Å². The number of aromatic amines is 1. The lowest BCUT2D eigenvalue weighted by atomic mass is 9.96. The maximum absolute atomic E-state index is 13.1. The third kappa shape index (κ3) is 2.87. The van der Waals surface area contributed by atoms with Gasteiger partial charge < -0.3 is 9.64 Å². The molecule has 0 spiro atoms. The van der Waals surface area contributed by atoms with Crippen LogP contribution in [0.5, 0.6) is 0 Å². The van der Waals surface area contributed by atoms with Crippen LogP contribution in [0.3, 0.4) is 0 Å². The highest BCUT2D eigenvalue weighted by Crippen LogP contribution is 2.42. The van der Waals surface area contributed by atoms with Crippen molar-refractivity contribution in [2.75, 3.05) is 24.7 Å². The van der Waals surface area contributed by atoms with Gasteiger partial charge in [0.1, 0.15) is 11.5 Å². The smallest absolute Gasteiger partial charge is 0.241 e. The number of sulfonamides is 1. The molecule has 1 atom stereocenters. The van der Waals surface area contributed by atoms with E-state index in [1.807, 2.05) is 35.0 Å². The van der Waals surface area contributed by atoms with Crippen molar-refractivity contribution in [2.45, 2.75) is 24.4 Å². The van der Waals surface area contributed by atoms with Crippen LogP contribution in [0, 0.1) is 0 Å². The summed E-state index contributed by atoms with van der Waals surface area (Å²) in [7, 11) is -3.66. The first-order valence-corrected chi connectivity index (χ1v) is 12.0. The first-order chi connectivity index (χ1) is 15.5. The van der Waals surface area contributed by atoms with Gasteiger partial charge in [0.2, 0.25) is 10.0 Å². The fraction of sp³-hybridized carbons (Fsp3) is 0.273. The summed E-state index contributed by atoms with van der Waals surface area (Å²) in [6.07, 6.45) is 3.69. The zero-order valence-corrected chi connectivity index (χ0v) is 18.3. The monoisotopic (exact) mass is 450 g/mol. The summed E-state index contributed by atoms with van der Waals surface area (Å²) in [5.74, 6) is 1.50. The SMILES string of the molecule is C[C@@H]1COCCN1c1nc2c(ccn2-c2cc[nH]n2)c2c1CNS(=O)(=O)c1ccccc1-2. The summed E-state index contributed by atoms with van der Waals surface area (Å²) in [6.45, 7) is 4.14. The molecular weight excluding hydrogens is 428 g/mol. The third-order valence-electron chi connectivity index (χ3n) is 6.17. The molecule has 6 rings (SSSR count). The number of fused-ring (bicyclic) bond motifs is 5. The van der Waals surface area contributed by atoms with Crippen molar-refractivity contribution >= 4 is 26.9 Å². The second-order valence-corrected chi connectivity index (χ2v) is 9.82. The van der Waals surface area contributed by atoms with Crippen LogP contribution in [0.1, 0.15) is 12.5 Å². The molecular formula is C22H22N6O3S. The number of morpholine rings is 1. The van der Waals surface area contributed by atoms with Gasteiger partial charge in [-0.05, 0) is 19.1 Å². The Balaban J connectivity index is 1.72. The largest absolute Gasteiger partial charge is 0.377 e. The first kappa shape index (κ1) is 19.5. The van der Waals surface area contributed by atoms with Gasteiger partial charge in [0.05, 0.1) is 24.2 Å². The number of benzene rings is 1. The van der Waals surface area contributed by atoms with E-state index in [1.165, 1.54) is 0 Å². The lowest BCUT2D eigenvalue weighted by Gasteiger charge is -2.36. The standard InChI is InChI=1S/C22H22N6O3S/c1-14-13-31-11-10-27(14)22-17-12-24-32(29,30)18-5-3-2-4-15(18)20(17)16-7-9-28(21(16)25-22)19-6-8-23-26-19/h2-9,14,24H,10-13H2,1H3,(H,23,26)/t14-/m1/s1. The molecule has 164 valence electrons. The van der Waals surface area contributed by atoms with E-state index in [0.717, 1.165) is 33.8 Å². The van der Waals surface area contributed by atoms with Crippen molar-refractivity contribution in [1.29, 1.82) is 0 Å². The number of rotatable bonds is 2. The quantitative estimate of drug-likeness (QED) is 0.486. The van der Waals surface area contributed by atoms with Crippen LogP contribution < -0.4 is 9.62 Å². The Bertz CT molecular complexity index is 1430. The maximum Gasteiger partial charge on any atom is 0.241 e. The second-order valence-electron chi connectivity index (χ2n) is 8.08. The van der Waals surface area contributed by atoms with Crippen molar-refractivity contribution in [3.63, 3.8) is 0 Å². The predicted octanol–water partition coefficient (Wildman–Crippen LogP) is 2.43. The van der Waals surface area contributed by atoms with Crippen LogP contribution in [-0.4, -0.2) is 54.0 Å². The van der Waals surface area contributed by atoms with Gasteiger partial charge in [-0.1, -0.05) is 18.2 Å². The van der Waals surface area contributed by atoms with Gasteiger partial charge in [0.15, 0.2) is 5.82 Å². The van der Waals surface area contributed by atoms with Crippen LogP contribution >= 0.6 is 0 Å². The van der Waals surface area contributed by atoms with E-state index in [-0.39, 0.29) is 17.5 Å². The molecule has 0 unspecified atom stereocenters. The molecule has 0 aliphatic carbocycles. The Labute approximate surface area is 185 Å². The molecule has 0 amide bonds. The number of hydrogen-bond acceptors (Lipinski definition) is 6. The van der Waals surface area contributed by atoms with E-state index in [4.69, 9.17) is 9.72 Å². The molecule has 1 saturated heterocycles. The predicted molar refractivity (Wildman–Crippen MR) is 120 cm³/mol. The molecule has 1 aromatic carbocycles. The molecule has 10 heteroatoms. The zero-order valence-electron chi connectivity index (χ0n) is 17.4.